The summed E-state index contributed by atoms with van der Waals surface area (Å²) >= 11 is 5.92. The number of benzene rings is 1. The van der Waals surface area contributed by atoms with Crippen LogP contribution in [0.3, 0.4) is 0 Å². The van der Waals surface area contributed by atoms with Crippen LogP contribution in [0.4, 0.5) is 10.1 Å². The largest absolute Gasteiger partial charge is 0.493 e. The first-order valence-electron chi connectivity index (χ1n) is 6.07. The lowest BCUT2D eigenvalue weighted by atomic mass is 10.00. The summed E-state index contributed by atoms with van der Waals surface area (Å²) in [5.41, 5.74) is 0.647. The van der Waals surface area contributed by atoms with E-state index in [1.54, 1.807) is 6.07 Å². The van der Waals surface area contributed by atoms with Crippen LogP contribution in [0.1, 0.15) is 18.0 Å². The Kier molecular flexibility index (Phi) is 3.31. The van der Waals surface area contributed by atoms with E-state index in [0.717, 1.165) is 0 Å². The normalized spacial score (nSPS) is 17.2. The number of rotatable bonds is 2. The number of H-pyrrole nitrogens is 1. The van der Waals surface area contributed by atoms with Gasteiger partial charge in [0.05, 0.1) is 24.5 Å². The van der Waals surface area contributed by atoms with Crippen LogP contribution in [0.15, 0.2) is 29.2 Å². The van der Waals surface area contributed by atoms with Crippen molar-refractivity contribution in [2.24, 2.45) is 0 Å². The molecule has 0 fully saturated rings. The van der Waals surface area contributed by atoms with Crippen LogP contribution in [-0.4, -0.2) is 16.8 Å². The van der Waals surface area contributed by atoms with Gasteiger partial charge >= 0.3 is 0 Å². The van der Waals surface area contributed by atoms with Gasteiger partial charge in [0.2, 0.25) is 0 Å². The molecule has 0 radical (unpaired) electrons. The van der Waals surface area contributed by atoms with Crippen molar-refractivity contribution >= 4 is 17.3 Å². The van der Waals surface area contributed by atoms with Gasteiger partial charge in [-0.1, -0.05) is 11.6 Å². The van der Waals surface area contributed by atoms with Crippen molar-refractivity contribution in [1.82, 2.24) is 10.2 Å². The zero-order valence-corrected chi connectivity index (χ0v) is 11.1. The van der Waals surface area contributed by atoms with E-state index in [4.69, 9.17) is 16.3 Å². The fraction of sp³-hybridized carbons (Fsp3) is 0.231. The van der Waals surface area contributed by atoms with Gasteiger partial charge < -0.3 is 10.1 Å². The first kappa shape index (κ1) is 12.9. The van der Waals surface area contributed by atoms with Gasteiger partial charge in [-0.25, -0.2) is 9.49 Å². The molecule has 0 bridgehead atoms. The summed E-state index contributed by atoms with van der Waals surface area (Å²) in [5, 5.41) is 9.08. The molecule has 0 spiro atoms. The highest BCUT2D eigenvalue weighted by atomic mass is 35.5. The first-order chi connectivity index (χ1) is 9.65. The molecule has 1 atom stereocenters. The van der Waals surface area contributed by atoms with Crippen LogP contribution < -0.4 is 15.6 Å². The highest BCUT2D eigenvalue weighted by Crippen LogP contribution is 2.35. The summed E-state index contributed by atoms with van der Waals surface area (Å²) in [6, 6.07) is 4.18. The molecule has 3 rings (SSSR count). The number of halogens is 2. The van der Waals surface area contributed by atoms with E-state index in [-0.39, 0.29) is 16.9 Å². The molecule has 1 aliphatic heterocycles. The number of aromatic nitrogens is 2. The third-order valence-corrected chi connectivity index (χ3v) is 3.51. The lowest BCUT2D eigenvalue weighted by molar-refractivity contribution is 0.273. The van der Waals surface area contributed by atoms with Crippen LogP contribution in [0.5, 0.6) is 5.75 Å². The predicted molar refractivity (Wildman–Crippen MR) is 72.7 cm³/mol. The van der Waals surface area contributed by atoms with Crippen LogP contribution in [0.2, 0.25) is 5.02 Å². The summed E-state index contributed by atoms with van der Waals surface area (Å²) in [7, 11) is 0. The summed E-state index contributed by atoms with van der Waals surface area (Å²) in [6.07, 6.45) is 2.07. The molecule has 104 valence electrons. The van der Waals surface area contributed by atoms with Crippen LogP contribution in [0, 0.1) is 5.82 Å². The van der Waals surface area contributed by atoms with Crippen LogP contribution in [0.25, 0.3) is 0 Å². The Morgan fingerprint density at radius 2 is 2.35 bits per heavy atom. The van der Waals surface area contributed by atoms with Gasteiger partial charge in [-0.05, 0) is 18.2 Å². The molecule has 7 heteroatoms. The van der Waals surface area contributed by atoms with E-state index in [9.17, 15) is 9.18 Å². The van der Waals surface area contributed by atoms with Crippen molar-refractivity contribution in [2.75, 3.05) is 11.9 Å². The Morgan fingerprint density at radius 1 is 1.50 bits per heavy atom. The van der Waals surface area contributed by atoms with Crippen LogP contribution in [-0.2, 0) is 0 Å². The molecule has 5 nitrogen and oxygen atoms in total. The number of hydrogen-bond donors (Lipinski definition) is 2. The Labute approximate surface area is 118 Å². The monoisotopic (exact) mass is 295 g/mol. The molecular weight excluding hydrogens is 285 g/mol. The maximum absolute atomic E-state index is 13.4. The fourth-order valence-electron chi connectivity index (χ4n) is 2.19. The average Bonchev–Trinajstić information content (AvgIpc) is 2.44. The first-order valence-corrected chi connectivity index (χ1v) is 6.45. The Balaban J connectivity index is 1.95. The summed E-state index contributed by atoms with van der Waals surface area (Å²) in [5.74, 6) is 0.292. The number of ether oxygens (including phenoxy) is 1. The SMILES string of the molecule is O=c1[nH]ncc(NC2CCOc3ccc(F)cc32)c1Cl. The van der Waals surface area contributed by atoms with E-state index >= 15 is 0 Å². The molecule has 0 amide bonds. The molecule has 1 unspecified atom stereocenters. The maximum Gasteiger partial charge on any atom is 0.285 e. The number of aromatic amines is 1. The highest BCUT2D eigenvalue weighted by Gasteiger charge is 2.23. The minimum atomic E-state index is -0.469. The number of anilines is 1. The number of fused-ring (bicyclic) bond motifs is 1. The molecule has 2 heterocycles. The Hall–Kier alpha value is -2.08. The van der Waals surface area contributed by atoms with E-state index in [1.165, 1.54) is 18.3 Å². The molecule has 1 aromatic carbocycles. The minimum absolute atomic E-state index is 0.0319. The zero-order valence-electron chi connectivity index (χ0n) is 10.3. The minimum Gasteiger partial charge on any atom is -0.493 e. The van der Waals surface area contributed by atoms with Crippen molar-refractivity contribution < 1.29 is 9.13 Å². The third-order valence-electron chi connectivity index (χ3n) is 3.14. The summed E-state index contributed by atoms with van der Waals surface area (Å²) in [6.45, 7) is 0.505. The van der Waals surface area contributed by atoms with Crippen molar-refractivity contribution in [1.29, 1.82) is 0 Å². The van der Waals surface area contributed by atoms with E-state index < -0.39 is 5.56 Å². The van der Waals surface area contributed by atoms with Crippen molar-refractivity contribution in [2.45, 2.75) is 12.5 Å². The van der Waals surface area contributed by atoms with E-state index in [0.29, 0.717) is 30.0 Å². The van der Waals surface area contributed by atoms with Gasteiger partial charge in [0.25, 0.3) is 5.56 Å². The second-order valence-electron chi connectivity index (χ2n) is 4.44. The van der Waals surface area contributed by atoms with Gasteiger partial charge in [0.15, 0.2) is 0 Å². The van der Waals surface area contributed by atoms with Gasteiger partial charge in [-0.3, -0.25) is 4.79 Å². The summed E-state index contributed by atoms with van der Waals surface area (Å²) < 4.78 is 18.9. The van der Waals surface area contributed by atoms with Gasteiger partial charge in [-0.2, -0.15) is 5.10 Å². The van der Waals surface area contributed by atoms with Crippen molar-refractivity contribution in [3.05, 3.63) is 51.2 Å². The molecule has 1 aliphatic rings. The number of hydrogen-bond acceptors (Lipinski definition) is 4. The smallest absolute Gasteiger partial charge is 0.285 e. The zero-order chi connectivity index (χ0) is 14.1. The topological polar surface area (TPSA) is 67.0 Å². The lowest BCUT2D eigenvalue weighted by Gasteiger charge is -2.27. The molecule has 0 saturated heterocycles. The molecule has 20 heavy (non-hydrogen) atoms. The Bertz CT molecular complexity index is 704. The molecular formula is C13H11ClFN3O2. The predicted octanol–water partition coefficient (Wildman–Crippen LogP) is 2.50. The van der Waals surface area contributed by atoms with Crippen molar-refractivity contribution in [3.8, 4) is 5.75 Å². The number of nitrogens with zero attached hydrogens (tertiary/aromatic N) is 1. The number of nitrogens with one attached hydrogen (secondary N) is 2. The molecule has 2 N–H and O–H groups in total. The van der Waals surface area contributed by atoms with E-state index in [2.05, 4.69) is 15.5 Å². The lowest BCUT2D eigenvalue weighted by Crippen LogP contribution is -2.22. The molecule has 0 saturated carbocycles. The van der Waals surface area contributed by atoms with Gasteiger partial charge in [0.1, 0.15) is 16.6 Å². The second-order valence-corrected chi connectivity index (χ2v) is 4.82. The average molecular weight is 296 g/mol. The Morgan fingerprint density at radius 3 is 3.20 bits per heavy atom. The van der Waals surface area contributed by atoms with Gasteiger partial charge in [0, 0.05) is 12.0 Å². The quantitative estimate of drug-likeness (QED) is 0.893. The van der Waals surface area contributed by atoms with E-state index in [1.807, 2.05) is 0 Å². The highest BCUT2D eigenvalue weighted by molar-refractivity contribution is 6.32. The van der Waals surface area contributed by atoms with Crippen LogP contribution >= 0.6 is 11.6 Å². The molecule has 1 aromatic heterocycles. The molecule has 2 aromatic rings. The van der Waals surface area contributed by atoms with Crippen molar-refractivity contribution in [3.63, 3.8) is 0 Å². The standard InChI is InChI=1S/C13H11ClFN3O2/c14-12-10(6-16-18-13(12)19)17-9-3-4-20-11-2-1-7(15)5-8(9)11/h1-2,5-6,9H,3-4H2,(H2,17,18,19). The maximum atomic E-state index is 13.4. The van der Waals surface area contributed by atoms with Gasteiger partial charge in [-0.15, -0.1) is 0 Å². The third kappa shape index (κ3) is 2.34. The summed E-state index contributed by atoms with van der Waals surface area (Å²) in [4.78, 5) is 11.4. The molecule has 0 aliphatic carbocycles. The second kappa shape index (κ2) is 5.13. The fourth-order valence-corrected chi connectivity index (χ4v) is 2.33.